The van der Waals surface area contributed by atoms with Gasteiger partial charge in [-0.15, -0.1) is 0 Å². The monoisotopic (exact) mass is 422 g/mol. The van der Waals surface area contributed by atoms with Crippen molar-refractivity contribution in [2.75, 3.05) is 6.61 Å². The number of halogens is 1. The minimum Gasteiger partial charge on any atom is -0.465 e. The van der Waals surface area contributed by atoms with Gasteiger partial charge in [-0.25, -0.2) is 0 Å². The molecule has 0 saturated carbocycles. The van der Waals surface area contributed by atoms with Gasteiger partial charge in [-0.3, -0.25) is 19.6 Å². The molecule has 0 fully saturated rings. The molecule has 1 aliphatic carbocycles. The van der Waals surface area contributed by atoms with Crippen LogP contribution in [0.15, 0.2) is 65.1 Å². The fourth-order valence-corrected chi connectivity index (χ4v) is 4.61. The van der Waals surface area contributed by atoms with Crippen LogP contribution in [0.5, 0.6) is 0 Å². The van der Waals surface area contributed by atoms with E-state index in [1.54, 1.807) is 19.3 Å². The fraction of sp³-hybridized carbons (Fsp3) is 0.333. The highest BCUT2D eigenvalue weighted by Gasteiger charge is 2.44. The van der Waals surface area contributed by atoms with Gasteiger partial charge in [-0.1, -0.05) is 29.8 Å². The van der Waals surface area contributed by atoms with Crippen molar-refractivity contribution in [3.05, 3.63) is 76.2 Å². The van der Waals surface area contributed by atoms with Gasteiger partial charge >= 0.3 is 5.97 Å². The zero-order valence-corrected chi connectivity index (χ0v) is 17.7. The lowest BCUT2D eigenvalue weighted by atomic mass is 9.69. The lowest BCUT2D eigenvalue weighted by molar-refractivity contribution is -0.146. The molecule has 0 bridgehead atoms. The summed E-state index contributed by atoms with van der Waals surface area (Å²) >= 11 is 6.02. The standard InChI is InChI=1S/C24H23ClN2O3/c1-3-30-24(29)21-14(2)27-19-11-17(15-6-8-18(25)9-7-15)12-20(28)23(19)22(21)16-5-4-10-26-13-16/h4-10,13,17,21-22H,3,11-12H2,1-2H3/t17-,21?,22-/m0/s1. The predicted molar refractivity (Wildman–Crippen MR) is 116 cm³/mol. The first kappa shape index (κ1) is 20.5. The number of Topliss-reactive ketones (excluding diaryl/α,β-unsaturated/α-hetero) is 1. The van der Waals surface area contributed by atoms with E-state index in [-0.39, 0.29) is 24.3 Å². The largest absolute Gasteiger partial charge is 0.465 e. The highest BCUT2D eigenvalue weighted by atomic mass is 35.5. The SMILES string of the molecule is CCOC(=O)C1C(C)=NC2=C(C(=O)C[C@@H](c3ccc(Cl)cc3)C2)[C@H]1c1cccnc1. The molecule has 3 atom stereocenters. The number of carbonyl (C=O) groups is 2. The first-order chi connectivity index (χ1) is 14.5. The third-order valence-corrected chi connectivity index (χ3v) is 6.07. The van der Waals surface area contributed by atoms with Crippen molar-refractivity contribution >= 4 is 29.1 Å². The van der Waals surface area contributed by atoms with Crippen LogP contribution in [0.3, 0.4) is 0 Å². The molecule has 2 aliphatic rings. The molecule has 1 aromatic heterocycles. The van der Waals surface area contributed by atoms with Gasteiger partial charge in [0.25, 0.3) is 0 Å². The summed E-state index contributed by atoms with van der Waals surface area (Å²) in [6.45, 7) is 3.89. The van der Waals surface area contributed by atoms with Crippen molar-refractivity contribution in [2.45, 2.75) is 38.5 Å². The molecule has 2 heterocycles. The molecule has 1 aliphatic heterocycles. The minimum absolute atomic E-state index is 0.0237. The van der Waals surface area contributed by atoms with Crippen molar-refractivity contribution in [3.8, 4) is 0 Å². The molecule has 0 saturated heterocycles. The van der Waals surface area contributed by atoms with Gasteiger partial charge in [0, 0.05) is 46.7 Å². The maximum Gasteiger partial charge on any atom is 0.315 e. The topological polar surface area (TPSA) is 68.6 Å². The van der Waals surface area contributed by atoms with Crippen molar-refractivity contribution < 1.29 is 14.3 Å². The maximum atomic E-state index is 13.4. The van der Waals surface area contributed by atoms with Crippen LogP contribution >= 0.6 is 11.6 Å². The first-order valence-corrected chi connectivity index (χ1v) is 10.5. The lowest BCUT2D eigenvalue weighted by Gasteiger charge is -2.36. The quantitative estimate of drug-likeness (QED) is 0.659. The molecule has 0 spiro atoms. The second-order valence-corrected chi connectivity index (χ2v) is 8.12. The van der Waals surface area contributed by atoms with E-state index in [0.717, 1.165) is 16.8 Å². The number of pyridine rings is 1. The van der Waals surface area contributed by atoms with E-state index in [1.807, 2.05) is 43.3 Å². The predicted octanol–water partition coefficient (Wildman–Crippen LogP) is 4.87. The number of ether oxygens (including phenoxy) is 1. The van der Waals surface area contributed by atoms with Crippen LogP contribution in [0.2, 0.25) is 5.02 Å². The van der Waals surface area contributed by atoms with Gasteiger partial charge in [0.05, 0.1) is 6.61 Å². The van der Waals surface area contributed by atoms with Gasteiger partial charge in [0.1, 0.15) is 5.92 Å². The van der Waals surface area contributed by atoms with Crippen molar-refractivity contribution in [1.29, 1.82) is 0 Å². The Balaban J connectivity index is 1.78. The molecule has 1 unspecified atom stereocenters. The number of aromatic nitrogens is 1. The van der Waals surface area contributed by atoms with Crippen LogP contribution < -0.4 is 0 Å². The molecule has 0 amide bonds. The summed E-state index contributed by atoms with van der Waals surface area (Å²) in [5.74, 6) is -1.34. The van der Waals surface area contributed by atoms with E-state index in [9.17, 15) is 9.59 Å². The maximum absolute atomic E-state index is 13.4. The van der Waals surface area contributed by atoms with Crippen molar-refractivity contribution in [1.82, 2.24) is 4.98 Å². The van der Waals surface area contributed by atoms with E-state index < -0.39 is 11.8 Å². The molecule has 0 N–H and O–H groups in total. The number of hydrogen-bond donors (Lipinski definition) is 0. The number of benzene rings is 1. The van der Waals surface area contributed by atoms with Gasteiger partial charge in [0.2, 0.25) is 0 Å². The van der Waals surface area contributed by atoms with Crippen molar-refractivity contribution in [2.24, 2.45) is 10.9 Å². The summed E-state index contributed by atoms with van der Waals surface area (Å²) in [7, 11) is 0. The van der Waals surface area contributed by atoms with Crippen molar-refractivity contribution in [3.63, 3.8) is 0 Å². The highest BCUT2D eigenvalue weighted by Crippen LogP contribution is 2.46. The summed E-state index contributed by atoms with van der Waals surface area (Å²) < 4.78 is 5.33. The third kappa shape index (κ3) is 3.82. The van der Waals surface area contributed by atoms with Gasteiger partial charge < -0.3 is 4.74 Å². The third-order valence-electron chi connectivity index (χ3n) is 5.81. The Kier molecular flexibility index (Phi) is 5.82. The van der Waals surface area contributed by atoms with Crippen LogP contribution in [0.25, 0.3) is 0 Å². The second kappa shape index (κ2) is 8.52. The number of aliphatic imine (C=N–C) groups is 1. The molecule has 2 aromatic rings. The Labute approximate surface area is 180 Å². The summed E-state index contributed by atoms with van der Waals surface area (Å²) in [5, 5.41) is 0.668. The average Bonchev–Trinajstić information content (AvgIpc) is 2.74. The number of esters is 1. The minimum atomic E-state index is -0.621. The van der Waals surface area contributed by atoms with E-state index >= 15 is 0 Å². The number of ketones is 1. The Hall–Kier alpha value is -2.79. The van der Waals surface area contributed by atoms with Gasteiger partial charge in [-0.05, 0) is 55.5 Å². The number of hydrogen-bond acceptors (Lipinski definition) is 5. The summed E-state index contributed by atoms with van der Waals surface area (Å²) in [5.41, 5.74) is 3.95. The molecular formula is C24H23ClN2O3. The molecule has 154 valence electrons. The van der Waals surface area contributed by atoms with Crippen LogP contribution in [0, 0.1) is 5.92 Å². The molecule has 1 aromatic carbocycles. The van der Waals surface area contributed by atoms with Gasteiger partial charge in [0.15, 0.2) is 5.78 Å². The molecule has 4 rings (SSSR count). The number of carbonyl (C=O) groups excluding carboxylic acids is 2. The first-order valence-electron chi connectivity index (χ1n) is 10.1. The van der Waals surface area contributed by atoms with Crippen LogP contribution in [0.1, 0.15) is 49.7 Å². The lowest BCUT2D eigenvalue weighted by Crippen LogP contribution is -2.38. The van der Waals surface area contributed by atoms with E-state index in [1.165, 1.54) is 0 Å². The Bertz CT molecular complexity index is 1030. The van der Waals surface area contributed by atoms with E-state index in [4.69, 9.17) is 21.3 Å². The molecule has 5 nitrogen and oxygen atoms in total. The van der Waals surface area contributed by atoms with Crippen LogP contribution in [-0.4, -0.2) is 29.1 Å². The zero-order chi connectivity index (χ0) is 21.3. The smallest absolute Gasteiger partial charge is 0.315 e. The highest BCUT2D eigenvalue weighted by molar-refractivity contribution is 6.30. The van der Waals surface area contributed by atoms with E-state index in [0.29, 0.717) is 29.1 Å². The zero-order valence-electron chi connectivity index (χ0n) is 17.0. The fourth-order valence-electron chi connectivity index (χ4n) is 4.49. The molecule has 30 heavy (non-hydrogen) atoms. The van der Waals surface area contributed by atoms with Gasteiger partial charge in [-0.2, -0.15) is 0 Å². The molecular weight excluding hydrogens is 400 g/mol. The number of rotatable bonds is 4. The second-order valence-electron chi connectivity index (χ2n) is 7.69. The summed E-state index contributed by atoms with van der Waals surface area (Å²) in [6, 6.07) is 11.3. The summed E-state index contributed by atoms with van der Waals surface area (Å²) in [4.78, 5) is 35.1. The Morgan fingerprint density at radius 3 is 2.60 bits per heavy atom. The summed E-state index contributed by atoms with van der Waals surface area (Å²) in [6.07, 6.45) is 4.42. The van der Waals surface area contributed by atoms with E-state index in [2.05, 4.69) is 4.98 Å². The molecule has 0 radical (unpaired) electrons. The average molecular weight is 423 g/mol. The van der Waals surface area contributed by atoms with Crippen LogP contribution in [-0.2, 0) is 14.3 Å². The number of nitrogens with zero attached hydrogens (tertiary/aromatic N) is 2. The molecule has 6 heteroatoms. The van der Waals surface area contributed by atoms with Crippen LogP contribution in [0.4, 0.5) is 0 Å². The Morgan fingerprint density at radius 2 is 1.93 bits per heavy atom. The number of allylic oxidation sites excluding steroid dienone is 2. The Morgan fingerprint density at radius 1 is 1.17 bits per heavy atom. The normalized spacial score (nSPS) is 23.6.